The van der Waals surface area contributed by atoms with Gasteiger partial charge in [0.25, 0.3) is 0 Å². The molecule has 2 rings (SSSR count). The Kier molecular flexibility index (Phi) is 4.40. The molecule has 0 radical (unpaired) electrons. The number of carboxylic acid groups (broad SMARTS) is 1. The van der Waals surface area contributed by atoms with E-state index in [1.807, 2.05) is 0 Å². The summed E-state index contributed by atoms with van der Waals surface area (Å²) in [6.45, 7) is 2.85. The zero-order chi connectivity index (χ0) is 13.8. The van der Waals surface area contributed by atoms with Gasteiger partial charge in [0.15, 0.2) is 0 Å². The van der Waals surface area contributed by atoms with Gasteiger partial charge < -0.3 is 10.4 Å². The molecule has 0 heterocycles. The molecule has 4 heteroatoms. The van der Waals surface area contributed by atoms with Crippen LogP contribution in [0.4, 0.5) is 10.1 Å². The van der Waals surface area contributed by atoms with Crippen LogP contribution in [0.2, 0.25) is 0 Å². The Morgan fingerprint density at radius 2 is 2.16 bits per heavy atom. The molecule has 1 aliphatic carbocycles. The number of aromatic carboxylic acids is 1. The number of anilines is 1. The van der Waals surface area contributed by atoms with Crippen LogP contribution >= 0.6 is 0 Å². The van der Waals surface area contributed by atoms with Crippen molar-refractivity contribution in [3.8, 4) is 0 Å². The van der Waals surface area contributed by atoms with Crippen molar-refractivity contribution in [1.29, 1.82) is 0 Å². The van der Waals surface area contributed by atoms with Crippen molar-refractivity contribution in [2.45, 2.75) is 32.6 Å². The first-order chi connectivity index (χ1) is 9.09. The molecule has 0 amide bonds. The number of carbonyl (C=O) groups is 1. The molecule has 0 spiro atoms. The average molecular weight is 265 g/mol. The molecule has 0 bridgehead atoms. The Balaban J connectivity index is 2.08. The standard InChI is InChI=1S/C15H20FNO2/c1-10-5-2-3-6-11(10)9-17-14-12(15(18)19)7-4-8-13(14)16/h4,7-8,10-11,17H,2-3,5-6,9H2,1H3,(H,18,19). The Bertz CT molecular complexity index is 461. The van der Waals surface area contributed by atoms with Gasteiger partial charge in [-0.2, -0.15) is 0 Å². The third kappa shape index (κ3) is 3.25. The van der Waals surface area contributed by atoms with E-state index in [0.717, 1.165) is 6.42 Å². The number of hydrogen-bond donors (Lipinski definition) is 2. The van der Waals surface area contributed by atoms with Crippen LogP contribution in [0, 0.1) is 17.7 Å². The number of halogens is 1. The van der Waals surface area contributed by atoms with Gasteiger partial charge in [0.2, 0.25) is 0 Å². The minimum absolute atomic E-state index is 0.00321. The molecule has 2 unspecified atom stereocenters. The van der Waals surface area contributed by atoms with E-state index in [1.54, 1.807) is 0 Å². The van der Waals surface area contributed by atoms with E-state index in [0.29, 0.717) is 18.4 Å². The first kappa shape index (κ1) is 13.8. The number of carboxylic acids is 1. The van der Waals surface area contributed by atoms with E-state index >= 15 is 0 Å². The van der Waals surface area contributed by atoms with Gasteiger partial charge in [0.1, 0.15) is 5.82 Å². The zero-order valence-corrected chi connectivity index (χ0v) is 11.2. The summed E-state index contributed by atoms with van der Waals surface area (Å²) in [5.74, 6) is -0.488. The largest absolute Gasteiger partial charge is 0.478 e. The van der Waals surface area contributed by atoms with Gasteiger partial charge in [-0.05, 0) is 30.4 Å². The van der Waals surface area contributed by atoms with E-state index < -0.39 is 11.8 Å². The lowest BCUT2D eigenvalue weighted by Gasteiger charge is -2.29. The van der Waals surface area contributed by atoms with Crippen LogP contribution in [0.25, 0.3) is 0 Å². The van der Waals surface area contributed by atoms with E-state index in [-0.39, 0.29) is 11.3 Å². The minimum Gasteiger partial charge on any atom is -0.478 e. The lowest BCUT2D eigenvalue weighted by atomic mass is 9.80. The first-order valence-electron chi connectivity index (χ1n) is 6.85. The predicted molar refractivity (Wildman–Crippen MR) is 73.0 cm³/mol. The van der Waals surface area contributed by atoms with Gasteiger partial charge in [-0.25, -0.2) is 9.18 Å². The predicted octanol–water partition coefficient (Wildman–Crippen LogP) is 3.76. The van der Waals surface area contributed by atoms with Crippen molar-refractivity contribution in [3.05, 3.63) is 29.6 Å². The highest BCUT2D eigenvalue weighted by atomic mass is 19.1. The first-order valence-corrected chi connectivity index (χ1v) is 6.85. The number of para-hydroxylation sites is 1. The Morgan fingerprint density at radius 3 is 2.84 bits per heavy atom. The molecule has 0 aromatic heterocycles. The molecule has 104 valence electrons. The second-order valence-electron chi connectivity index (χ2n) is 5.37. The second-order valence-corrected chi connectivity index (χ2v) is 5.37. The summed E-state index contributed by atoms with van der Waals surface area (Å²) in [5, 5.41) is 12.1. The third-order valence-corrected chi connectivity index (χ3v) is 4.07. The average Bonchev–Trinajstić information content (AvgIpc) is 2.38. The Hall–Kier alpha value is -1.58. The second kappa shape index (κ2) is 6.04. The van der Waals surface area contributed by atoms with Gasteiger partial charge >= 0.3 is 5.97 Å². The van der Waals surface area contributed by atoms with Crippen LogP contribution in [0.5, 0.6) is 0 Å². The van der Waals surface area contributed by atoms with Crippen molar-refractivity contribution in [2.75, 3.05) is 11.9 Å². The van der Waals surface area contributed by atoms with E-state index in [2.05, 4.69) is 12.2 Å². The molecule has 19 heavy (non-hydrogen) atoms. The smallest absolute Gasteiger partial charge is 0.337 e. The van der Waals surface area contributed by atoms with Crippen LogP contribution in [0.15, 0.2) is 18.2 Å². The molecule has 2 atom stereocenters. The topological polar surface area (TPSA) is 49.3 Å². The summed E-state index contributed by atoms with van der Waals surface area (Å²) in [6.07, 6.45) is 4.80. The Morgan fingerprint density at radius 1 is 1.42 bits per heavy atom. The molecule has 1 aliphatic rings. The van der Waals surface area contributed by atoms with Crippen LogP contribution in [-0.2, 0) is 0 Å². The fourth-order valence-electron chi connectivity index (χ4n) is 2.81. The molecule has 2 N–H and O–H groups in total. The van der Waals surface area contributed by atoms with E-state index in [9.17, 15) is 9.18 Å². The van der Waals surface area contributed by atoms with Crippen LogP contribution in [0.1, 0.15) is 43.0 Å². The maximum Gasteiger partial charge on any atom is 0.337 e. The molecule has 1 saturated carbocycles. The van der Waals surface area contributed by atoms with Crippen molar-refractivity contribution in [3.63, 3.8) is 0 Å². The summed E-state index contributed by atoms with van der Waals surface area (Å²) >= 11 is 0. The molecule has 1 aromatic rings. The lowest BCUT2D eigenvalue weighted by Crippen LogP contribution is -2.25. The van der Waals surface area contributed by atoms with Crippen molar-refractivity contribution in [2.24, 2.45) is 11.8 Å². The van der Waals surface area contributed by atoms with Gasteiger partial charge in [0, 0.05) is 6.54 Å². The fourth-order valence-corrected chi connectivity index (χ4v) is 2.81. The summed E-state index contributed by atoms with van der Waals surface area (Å²) in [4.78, 5) is 11.1. The minimum atomic E-state index is -1.10. The molecule has 1 fully saturated rings. The zero-order valence-electron chi connectivity index (χ0n) is 11.2. The molecule has 1 aromatic carbocycles. The summed E-state index contributed by atoms with van der Waals surface area (Å²) < 4.78 is 13.7. The van der Waals surface area contributed by atoms with Crippen molar-refractivity contribution in [1.82, 2.24) is 0 Å². The number of hydrogen-bond acceptors (Lipinski definition) is 2. The van der Waals surface area contributed by atoms with Crippen molar-refractivity contribution >= 4 is 11.7 Å². The molecule has 0 saturated heterocycles. The molecule has 0 aliphatic heterocycles. The molecule has 3 nitrogen and oxygen atoms in total. The maximum atomic E-state index is 13.7. The van der Waals surface area contributed by atoms with Crippen LogP contribution in [0.3, 0.4) is 0 Å². The molecular weight excluding hydrogens is 245 g/mol. The van der Waals surface area contributed by atoms with E-state index in [4.69, 9.17) is 5.11 Å². The maximum absolute atomic E-state index is 13.7. The monoisotopic (exact) mass is 265 g/mol. The third-order valence-electron chi connectivity index (χ3n) is 4.07. The van der Waals surface area contributed by atoms with Gasteiger partial charge in [-0.1, -0.05) is 32.3 Å². The number of benzene rings is 1. The highest BCUT2D eigenvalue weighted by Crippen LogP contribution is 2.30. The van der Waals surface area contributed by atoms with Crippen molar-refractivity contribution < 1.29 is 14.3 Å². The van der Waals surface area contributed by atoms with Gasteiger partial charge in [-0.3, -0.25) is 0 Å². The number of nitrogens with one attached hydrogen (secondary N) is 1. The highest BCUT2D eigenvalue weighted by molar-refractivity contribution is 5.94. The van der Waals surface area contributed by atoms with Gasteiger partial charge in [0.05, 0.1) is 11.3 Å². The SMILES string of the molecule is CC1CCCCC1CNc1c(F)cccc1C(=O)O. The quantitative estimate of drug-likeness (QED) is 0.871. The Labute approximate surface area is 112 Å². The van der Waals surface area contributed by atoms with E-state index in [1.165, 1.54) is 37.5 Å². The fraction of sp³-hybridized carbons (Fsp3) is 0.533. The summed E-state index contributed by atoms with van der Waals surface area (Å²) in [5.41, 5.74) is 0.122. The molecular formula is C15H20FNO2. The summed E-state index contributed by atoms with van der Waals surface area (Å²) in [6, 6.07) is 4.14. The lowest BCUT2D eigenvalue weighted by molar-refractivity contribution is 0.0697. The normalized spacial score (nSPS) is 23.1. The highest BCUT2D eigenvalue weighted by Gasteiger charge is 2.22. The summed E-state index contributed by atoms with van der Waals surface area (Å²) in [7, 11) is 0. The van der Waals surface area contributed by atoms with Crippen LogP contribution < -0.4 is 5.32 Å². The van der Waals surface area contributed by atoms with Gasteiger partial charge in [-0.15, -0.1) is 0 Å². The number of rotatable bonds is 4. The van der Waals surface area contributed by atoms with Crippen LogP contribution in [-0.4, -0.2) is 17.6 Å².